The normalized spacial score (nSPS) is 12.9. The molecular weight excluding hydrogens is 451 g/mol. The number of ether oxygens (including phenoxy) is 1. The molecule has 4 aromatic rings. The molecule has 174 valence electrons. The van der Waals surface area contributed by atoms with Crippen molar-refractivity contribution in [2.24, 2.45) is 5.73 Å². The number of alkyl halides is 3. The minimum absolute atomic E-state index is 0.287. The van der Waals surface area contributed by atoms with Gasteiger partial charge in [-0.3, -0.25) is 5.10 Å². The fourth-order valence-corrected chi connectivity index (χ4v) is 4.56. The van der Waals surface area contributed by atoms with Gasteiger partial charge in [0.15, 0.2) is 5.13 Å². The van der Waals surface area contributed by atoms with Crippen LogP contribution >= 0.6 is 11.3 Å². The zero-order valence-corrected chi connectivity index (χ0v) is 19.0. The van der Waals surface area contributed by atoms with E-state index in [0.717, 1.165) is 50.4 Å². The predicted molar refractivity (Wildman–Crippen MR) is 124 cm³/mol. The minimum atomic E-state index is -4.34. The van der Waals surface area contributed by atoms with Crippen LogP contribution in [0.25, 0.3) is 21.3 Å². The number of anilines is 1. The van der Waals surface area contributed by atoms with Gasteiger partial charge >= 0.3 is 6.18 Å². The standard InChI is InChI=1S/C23H24F3N5OS/c1-13-18-10-15(5-8-19(18)31-30-13)21-20(12-32-2)29-22(33-21)28-11-17(27)9-14-3-6-16(7-4-14)23(24,25)26/h3-8,10,17H,9,11-12,27H2,1-2H3,(H,28,29)(H,30,31)/t17-/m0/s1. The van der Waals surface area contributed by atoms with Crippen LogP contribution in [-0.2, 0) is 23.9 Å². The average Bonchev–Trinajstić information content (AvgIpc) is 3.35. The van der Waals surface area contributed by atoms with E-state index in [4.69, 9.17) is 10.5 Å². The number of methoxy groups -OCH3 is 1. The smallest absolute Gasteiger partial charge is 0.378 e. The molecule has 4 N–H and O–H groups in total. The van der Waals surface area contributed by atoms with E-state index in [1.807, 2.05) is 19.1 Å². The van der Waals surface area contributed by atoms with Crippen LogP contribution in [0.5, 0.6) is 0 Å². The summed E-state index contributed by atoms with van der Waals surface area (Å²) in [5.41, 5.74) is 10.1. The van der Waals surface area contributed by atoms with Gasteiger partial charge in [-0.15, -0.1) is 0 Å². The second kappa shape index (κ2) is 9.50. The Morgan fingerprint density at radius 2 is 1.94 bits per heavy atom. The zero-order valence-electron chi connectivity index (χ0n) is 18.2. The van der Waals surface area contributed by atoms with Gasteiger partial charge in [-0.1, -0.05) is 29.5 Å². The zero-order chi connectivity index (χ0) is 23.6. The van der Waals surface area contributed by atoms with Crippen LogP contribution in [-0.4, -0.2) is 34.9 Å². The number of thiazole rings is 1. The van der Waals surface area contributed by atoms with Crippen molar-refractivity contribution in [2.75, 3.05) is 19.0 Å². The quantitative estimate of drug-likeness (QED) is 0.328. The molecule has 2 aromatic carbocycles. The van der Waals surface area contributed by atoms with Gasteiger partial charge in [-0.25, -0.2) is 4.98 Å². The summed E-state index contributed by atoms with van der Waals surface area (Å²) in [5.74, 6) is 0. The summed E-state index contributed by atoms with van der Waals surface area (Å²) >= 11 is 1.51. The van der Waals surface area contributed by atoms with Crippen molar-refractivity contribution in [3.8, 4) is 10.4 Å². The van der Waals surface area contributed by atoms with Gasteiger partial charge < -0.3 is 15.8 Å². The molecule has 10 heteroatoms. The first-order valence-electron chi connectivity index (χ1n) is 10.3. The molecule has 0 bridgehead atoms. The summed E-state index contributed by atoms with van der Waals surface area (Å²) in [6.07, 6.45) is -3.89. The molecule has 0 aliphatic carbocycles. The molecule has 6 nitrogen and oxygen atoms in total. The fourth-order valence-electron chi connectivity index (χ4n) is 3.59. The van der Waals surface area contributed by atoms with Crippen molar-refractivity contribution in [1.82, 2.24) is 15.2 Å². The second-order valence-corrected chi connectivity index (χ2v) is 8.85. The van der Waals surface area contributed by atoms with Crippen molar-refractivity contribution in [3.05, 3.63) is 65.0 Å². The molecule has 4 rings (SSSR count). The van der Waals surface area contributed by atoms with Gasteiger partial charge in [-0.05, 0) is 48.7 Å². The second-order valence-electron chi connectivity index (χ2n) is 7.85. The highest BCUT2D eigenvalue weighted by Gasteiger charge is 2.30. The Bertz CT molecular complexity index is 1230. The number of aromatic amines is 1. The van der Waals surface area contributed by atoms with Crippen molar-refractivity contribution in [3.63, 3.8) is 0 Å². The number of H-pyrrole nitrogens is 1. The third-order valence-corrected chi connectivity index (χ3v) is 6.38. The lowest BCUT2D eigenvalue weighted by molar-refractivity contribution is -0.137. The van der Waals surface area contributed by atoms with Gasteiger partial charge in [0.2, 0.25) is 0 Å². The van der Waals surface area contributed by atoms with Crippen LogP contribution in [0.1, 0.15) is 22.5 Å². The number of nitrogens with zero attached hydrogens (tertiary/aromatic N) is 2. The lowest BCUT2D eigenvalue weighted by Gasteiger charge is -2.13. The highest BCUT2D eigenvalue weighted by molar-refractivity contribution is 7.19. The molecule has 0 amide bonds. The molecule has 2 heterocycles. The summed E-state index contributed by atoms with van der Waals surface area (Å²) in [7, 11) is 1.62. The first kappa shape index (κ1) is 23.2. The molecule has 0 unspecified atom stereocenters. The highest BCUT2D eigenvalue weighted by atomic mass is 32.1. The molecule has 0 saturated heterocycles. The average molecular weight is 476 g/mol. The SMILES string of the molecule is COCc1nc(NC[C@@H](N)Cc2ccc(C(F)(F)F)cc2)sc1-c1ccc2n[nH]c(C)c2c1. The van der Waals surface area contributed by atoms with Gasteiger partial charge in [0.05, 0.1) is 28.3 Å². The molecule has 33 heavy (non-hydrogen) atoms. The van der Waals surface area contributed by atoms with E-state index >= 15 is 0 Å². The Balaban J connectivity index is 1.45. The Hall–Kier alpha value is -2.95. The fraction of sp³-hybridized carbons (Fsp3) is 0.304. The van der Waals surface area contributed by atoms with Crippen molar-refractivity contribution >= 4 is 27.4 Å². The molecule has 0 spiro atoms. The Labute approximate surface area is 193 Å². The predicted octanol–water partition coefficient (Wildman–Crippen LogP) is 5.14. The number of nitrogens with one attached hydrogen (secondary N) is 2. The van der Waals surface area contributed by atoms with Gasteiger partial charge in [0.1, 0.15) is 0 Å². The minimum Gasteiger partial charge on any atom is -0.378 e. The number of nitrogens with two attached hydrogens (primary N) is 1. The number of hydrogen-bond donors (Lipinski definition) is 3. The molecule has 2 aromatic heterocycles. The van der Waals surface area contributed by atoms with E-state index in [1.165, 1.54) is 23.5 Å². The maximum atomic E-state index is 12.7. The number of rotatable bonds is 8. The van der Waals surface area contributed by atoms with Crippen LogP contribution in [0.2, 0.25) is 0 Å². The monoisotopic (exact) mass is 475 g/mol. The Kier molecular flexibility index (Phi) is 6.68. The van der Waals surface area contributed by atoms with Crippen LogP contribution in [0.15, 0.2) is 42.5 Å². The number of hydrogen-bond acceptors (Lipinski definition) is 6. The third-order valence-electron chi connectivity index (χ3n) is 5.28. The molecule has 1 atom stereocenters. The number of benzene rings is 2. The summed E-state index contributed by atoms with van der Waals surface area (Å²) in [6.45, 7) is 2.78. The molecule has 0 radical (unpaired) electrons. The number of fused-ring (bicyclic) bond motifs is 1. The van der Waals surface area contributed by atoms with Crippen LogP contribution in [0.3, 0.4) is 0 Å². The number of halogens is 3. The van der Waals surface area contributed by atoms with Crippen molar-refractivity contribution in [1.29, 1.82) is 0 Å². The molecule has 0 aliphatic heterocycles. The molecule has 0 saturated carbocycles. The number of aromatic nitrogens is 3. The molecule has 0 aliphatic rings. The van der Waals surface area contributed by atoms with Gasteiger partial charge in [0, 0.05) is 30.8 Å². The van der Waals surface area contributed by atoms with E-state index in [2.05, 4.69) is 26.6 Å². The van der Waals surface area contributed by atoms with Crippen molar-refractivity contribution < 1.29 is 17.9 Å². The third kappa shape index (κ3) is 5.35. The first-order valence-corrected chi connectivity index (χ1v) is 11.2. The van der Waals surface area contributed by atoms with E-state index in [0.29, 0.717) is 24.7 Å². The van der Waals surface area contributed by atoms with Crippen molar-refractivity contribution in [2.45, 2.75) is 32.2 Å². The lowest BCUT2D eigenvalue weighted by Crippen LogP contribution is -2.31. The van der Waals surface area contributed by atoms with Crippen LogP contribution in [0.4, 0.5) is 18.3 Å². The van der Waals surface area contributed by atoms with Crippen LogP contribution < -0.4 is 11.1 Å². The summed E-state index contributed by atoms with van der Waals surface area (Å²) in [4.78, 5) is 5.66. The first-order chi connectivity index (χ1) is 15.7. The Morgan fingerprint density at radius 3 is 2.64 bits per heavy atom. The maximum Gasteiger partial charge on any atom is 0.416 e. The van der Waals surface area contributed by atoms with E-state index < -0.39 is 11.7 Å². The highest BCUT2D eigenvalue weighted by Crippen LogP contribution is 2.35. The van der Waals surface area contributed by atoms with E-state index in [-0.39, 0.29) is 6.04 Å². The molecule has 0 fully saturated rings. The van der Waals surface area contributed by atoms with E-state index in [1.54, 1.807) is 7.11 Å². The Morgan fingerprint density at radius 1 is 1.18 bits per heavy atom. The maximum absolute atomic E-state index is 12.7. The summed E-state index contributed by atoms with van der Waals surface area (Å²) in [5, 5.41) is 12.3. The lowest BCUT2D eigenvalue weighted by atomic mass is 10.0. The summed E-state index contributed by atoms with van der Waals surface area (Å²) in [6, 6.07) is 10.9. The van der Waals surface area contributed by atoms with Gasteiger partial charge in [-0.2, -0.15) is 18.3 Å². The van der Waals surface area contributed by atoms with Crippen LogP contribution in [0, 0.1) is 6.92 Å². The van der Waals surface area contributed by atoms with Gasteiger partial charge in [0.25, 0.3) is 0 Å². The molecular formula is C23H24F3N5OS. The van der Waals surface area contributed by atoms with E-state index in [9.17, 15) is 13.2 Å². The number of aryl methyl sites for hydroxylation is 1. The largest absolute Gasteiger partial charge is 0.416 e. The topological polar surface area (TPSA) is 88.8 Å². The summed E-state index contributed by atoms with van der Waals surface area (Å²) < 4.78 is 43.5.